The molecule has 0 saturated heterocycles. The van der Waals surface area contributed by atoms with Crippen LogP contribution in [0.4, 0.5) is 0 Å². The first kappa shape index (κ1) is 20.6. The number of aliphatic imine (C=N–C) groups is 1. The zero-order valence-corrected chi connectivity index (χ0v) is 18.5. The molecule has 1 aromatic carbocycles. The molecule has 1 unspecified atom stereocenters. The summed E-state index contributed by atoms with van der Waals surface area (Å²) in [7, 11) is 0. The fourth-order valence-electron chi connectivity index (χ4n) is 3.78. The summed E-state index contributed by atoms with van der Waals surface area (Å²) in [5.74, 6) is 2.20. The minimum atomic E-state index is 0. The predicted molar refractivity (Wildman–Crippen MR) is 123 cm³/mol. The first-order valence-electron chi connectivity index (χ1n) is 9.73. The number of benzene rings is 1. The summed E-state index contributed by atoms with van der Waals surface area (Å²) in [6.07, 6.45) is 5.64. The summed E-state index contributed by atoms with van der Waals surface area (Å²) >= 11 is 0. The quantitative estimate of drug-likeness (QED) is 0.327. The molecule has 4 rings (SSSR count). The van der Waals surface area contributed by atoms with Crippen molar-refractivity contribution in [3.8, 4) is 0 Å². The van der Waals surface area contributed by atoms with Crippen LogP contribution >= 0.6 is 24.0 Å². The molecule has 0 bridgehead atoms. The minimum absolute atomic E-state index is 0. The molecule has 0 radical (unpaired) electrons. The summed E-state index contributed by atoms with van der Waals surface area (Å²) < 4.78 is 1.98. The fraction of sp³-hybridized carbons (Fsp3) is 0.381. The molecule has 0 aliphatic heterocycles. The van der Waals surface area contributed by atoms with Crippen molar-refractivity contribution in [3.63, 3.8) is 0 Å². The van der Waals surface area contributed by atoms with Crippen molar-refractivity contribution < 1.29 is 0 Å². The molecule has 2 heterocycles. The topological polar surface area (TPSA) is 66.6 Å². The van der Waals surface area contributed by atoms with Crippen LogP contribution in [0, 0.1) is 0 Å². The number of aryl methyl sites for hydroxylation is 1. The second-order valence-electron chi connectivity index (χ2n) is 6.91. The second-order valence-corrected chi connectivity index (χ2v) is 6.91. The van der Waals surface area contributed by atoms with Gasteiger partial charge in [0.2, 0.25) is 0 Å². The number of halogens is 1. The Morgan fingerprint density at radius 3 is 2.89 bits per heavy atom. The van der Waals surface area contributed by atoms with Crippen LogP contribution < -0.4 is 10.6 Å². The molecule has 1 aliphatic rings. The number of rotatable bonds is 5. The third-order valence-electron chi connectivity index (χ3n) is 5.12. The van der Waals surface area contributed by atoms with Gasteiger partial charge in [0, 0.05) is 25.2 Å². The molecule has 7 heteroatoms. The smallest absolute Gasteiger partial charge is 0.191 e. The van der Waals surface area contributed by atoms with Crippen molar-refractivity contribution in [3.05, 3.63) is 65.6 Å². The molecule has 0 saturated carbocycles. The normalized spacial score (nSPS) is 16.3. The van der Waals surface area contributed by atoms with Crippen LogP contribution in [0.1, 0.15) is 42.6 Å². The lowest BCUT2D eigenvalue weighted by Crippen LogP contribution is -2.39. The van der Waals surface area contributed by atoms with E-state index in [1.807, 2.05) is 28.8 Å². The maximum absolute atomic E-state index is 4.72. The molecule has 1 aliphatic carbocycles. The van der Waals surface area contributed by atoms with Gasteiger partial charge in [0.1, 0.15) is 6.54 Å². The summed E-state index contributed by atoms with van der Waals surface area (Å²) in [6.45, 7) is 4.29. The molecule has 2 N–H and O–H groups in total. The van der Waals surface area contributed by atoms with Gasteiger partial charge in [-0.3, -0.25) is 4.40 Å². The lowest BCUT2D eigenvalue weighted by molar-refractivity contribution is 0.539. The number of fused-ring (bicyclic) bond motifs is 2. The Balaban J connectivity index is 0.00000225. The Kier molecular flexibility index (Phi) is 7.24. The largest absolute Gasteiger partial charge is 0.357 e. The number of guanidine groups is 1. The van der Waals surface area contributed by atoms with E-state index in [4.69, 9.17) is 4.99 Å². The number of nitrogens with zero attached hydrogens (tertiary/aromatic N) is 4. The molecule has 0 spiro atoms. The van der Waals surface area contributed by atoms with E-state index in [0.29, 0.717) is 12.5 Å². The van der Waals surface area contributed by atoms with E-state index >= 15 is 0 Å². The fourth-order valence-corrected chi connectivity index (χ4v) is 3.78. The molecule has 0 fully saturated rings. The third kappa shape index (κ3) is 4.63. The van der Waals surface area contributed by atoms with Crippen molar-refractivity contribution in [2.45, 2.75) is 38.6 Å². The third-order valence-corrected chi connectivity index (χ3v) is 5.12. The van der Waals surface area contributed by atoms with Crippen LogP contribution in [-0.4, -0.2) is 33.6 Å². The highest BCUT2D eigenvalue weighted by Gasteiger charge is 2.19. The van der Waals surface area contributed by atoms with Gasteiger partial charge in [-0.25, -0.2) is 4.99 Å². The molecule has 1 atom stereocenters. The number of pyridine rings is 1. The predicted octanol–water partition coefficient (Wildman–Crippen LogP) is 3.52. The summed E-state index contributed by atoms with van der Waals surface area (Å²) in [4.78, 5) is 4.72. The molecular formula is C21H27IN6. The van der Waals surface area contributed by atoms with E-state index in [1.165, 1.54) is 30.4 Å². The van der Waals surface area contributed by atoms with E-state index in [9.17, 15) is 0 Å². The zero-order chi connectivity index (χ0) is 18.5. The summed E-state index contributed by atoms with van der Waals surface area (Å²) in [5.41, 5.74) is 3.82. The highest BCUT2D eigenvalue weighted by Crippen LogP contribution is 2.30. The van der Waals surface area contributed by atoms with Gasteiger partial charge in [-0.1, -0.05) is 30.3 Å². The first-order chi connectivity index (χ1) is 13.3. The lowest BCUT2D eigenvalue weighted by atomic mass is 9.83. The molecule has 28 heavy (non-hydrogen) atoms. The summed E-state index contributed by atoms with van der Waals surface area (Å²) in [5, 5.41) is 15.3. The zero-order valence-electron chi connectivity index (χ0n) is 16.1. The maximum atomic E-state index is 4.72. The van der Waals surface area contributed by atoms with Gasteiger partial charge in [0.25, 0.3) is 0 Å². The molecule has 148 valence electrons. The highest BCUT2D eigenvalue weighted by molar-refractivity contribution is 14.0. The Hall–Kier alpha value is -2.16. The van der Waals surface area contributed by atoms with Crippen LogP contribution in [0.5, 0.6) is 0 Å². The van der Waals surface area contributed by atoms with Gasteiger partial charge in [-0.15, -0.1) is 34.2 Å². The Labute approximate surface area is 182 Å². The Morgan fingerprint density at radius 1 is 1.14 bits per heavy atom. The minimum Gasteiger partial charge on any atom is -0.357 e. The highest BCUT2D eigenvalue weighted by atomic mass is 127. The van der Waals surface area contributed by atoms with Gasteiger partial charge >= 0.3 is 0 Å². The molecular weight excluding hydrogens is 463 g/mol. The van der Waals surface area contributed by atoms with E-state index in [0.717, 1.165) is 30.5 Å². The van der Waals surface area contributed by atoms with Crippen molar-refractivity contribution in [1.82, 2.24) is 25.2 Å². The maximum Gasteiger partial charge on any atom is 0.191 e. The SMILES string of the molecule is CCNC(=NCc1nnc2ccccn12)NCC1CCCc2ccccc21.I. The monoisotopic (exact) mass is 490 g/mol. The van der Waals surface area contributed by atoms with Crippen LogP contribution in [0.2, 0.25) is 0 Å². The van der Waals surface area contributed by atoms with Crippen LogP contribution in [0.3, 0.4) is 0 Å². The van der Waals surface area contributed by atoms with Crippen molar-refractivity contribution >= 4 is 35.6 Å². The van der Waals surface area contributed by atoms with E-state index in [2.05, 4.69) is 52.0 Å². The molecule has 2 aromatic heterocycles. The number of nitrogens with one attached hydrogen (secondary N) is 2. The van der Waals surface area contributed by atoms with Crippen molar-refractivity contribution in [2.24, 2.45) is 4.99 Å². The average molecular weight is 490 g/mol. The van der Waals surface area contributed by atoms with Crippen LogP contribution in [0.25, 0.3) is 5.65 Å². The van der Waals surface area contributed by atoms with Crippen molar-refractivity contribution in [1.29, 1.82) is 0 Å². The Bertz CT molecular complexity index is 935. The van der Waals surface area contributed by atoms with Gasteiger partial charge in [0.15, 0.2) is 17.4 Å². The lowest BCUT2D eigenvalue weighted by Gasteiger charge is -2.26. The molecule has 0 amide bonds. The van der Waals surface area contributed by atoms with Crippen molar-refractivity contribution in [2.75, 3.05) is 13.1 Å². The number of hydrogen-bond acceptors (Lipinski definition) is 3. The van der Waals surface area contributed by atoms with Gasteiger partial charge in [-0.2, -0.15) is 0 Å². The number of hydrogen-bond donors (Lipinski definition) is 2. The van der Waals surface area contributed by atoms with Gasteiger partial charge in [-0.05, 0) is 49.4 Å². The standard InChI is InChI=1S/C21H26N6.HI/c1-2-22-21(24-15-20-26-25-19-12-5-6-13-27(19)20)23-14-17-10-7-9-16-8-3-4-11-18(16)17;/h3-6,8,11-13,17H,2,7,9-10,14-15H2,1H3,(H2,22,23,24);1H. The van der Waals surface area contributed by atoms with E-state index < -0.39 is 0 Å². The van der Waals surface area contributed by atoms with Crippen LogP contribution in [-0.2, 0) is 13.0 Å². The summed E-state index contributed by atoms with van der Waals surface area (Å²) in [6, 6.07) is 14.7. The first-order valence-corrected chi connectivity index (χ1v) is 9.73. The molecule has 3 aromatic rings. The average Bonchev–Trinajstić information content (AvgIpc) is 3.13. The van der Waals surface area contributed by atoms with Gasteiger partial charge in [0.05, 0.1) is 0 Å². The van der Waals surface area contributed by atoms with E-state index in [1.54, 1.807) is 0 Å². The number of aromatic nitrogens is 3. The van der Waals surface area contributed by atoms with Crippen LogP contribution in [0.15, 0.2) is 53.7 Å². The molecule has 6 nitrogen and oxygen atoms in total. The second kappa shape index (κ2) is 9.86. The Morgan fingerprint density at radius 2 is 2.00 bits per heavy atom. The van der Waals surface area contributed by atoms with E-state index in [-0.39, 0.29) is 24.0 Å². The van der Waals surface area contributed by atoms with Gasteiger partial charge < -0.3 is 10.6 Å².